The molecule has 0 saturated carbocycles. The molecule has 128 valence electrons. The summed E-state index contributed by atoms with van der Waals surface area (Å²) in [6.07, 6.45) is 3.71. The molecule has 1 fully saturated rings. The molecule has 2 rings (SSSR count). The maximum Gasteiger partial charge on any atom is 0.141 e. The van der Waals surface area contributed by atoms with Crippen molar-refractivity contribution >= 4 is 24.8 Å². The zero-order valence-electron chi connectivity index (χ0n) is 13.2. The Morgan fingerprint density at radius 1 is 1.32 bits per heavy atom. The van der Waals surface area contributed by atoms with Crippen LogP contribution in [0.4, 0.5) is 0 Å². The van der Waals surface area contributed by atoms with E-state index in [1.165, 1.54) is 0 Å². The Morgan fingerprint density at radius 3 is 2.50 bits per heavy atom. The van der Waals surface area contributed by atoms with Crippen molar-refractivity contribution in [1.82, 2.24) is 15.2 Å². The lowest BCUT2D eigenvalue weighted by atomic mass is 9.95. The summed E-state index contributed by atoms with van der Waals surface area (Å²) in [4.78, 5) is 6.55. The largest absolute Gasteiger partial charge is 0.506 e. The molecule has 5 nitrogen and oxygen atoms in total. The number of aliphatic hydroxyl groups is 1. The first kappa shape index (κ1) is 21.4. The van der Waals surface area contributed by atoms with Gasteiger partial charge in [-0.15, -0.1) is 24.8 Å². The Labute approximate surface area is 144 Å². The lowest BCUT2D eigenvalue weighted by molar-refractivity contribution is 0.159. The van der Waals surface area contributed by atoms with E-state index in [4.69, 9.17) is 0 Å². The van der Waals surface area contributed by atoms with Gasteiger partial charge in [-0.1, -0.05) is 13.3 Å². The maximum absolute atomic E-state index is 10.4. The van der Waals surface area contributed by atoms with Gasteiger partial charge in [0.2, 0.25) is 0 Å². The van der Waals surface area contributed by atoms with Crippen LogP contribution in [0.15, 0.2) is 6.20 Å². The fourth-order valence-electron chi connectivity index (χ4n) is 2.93. The van der Waals surface area contributed by atoms with Gasteiger partial charge < -0.3 is 15.5 Å². The van der Waals surface area contributed by atoms with Crippen LogP contribution in [0.2, 0.25) is 0 Å². The molecule has 0 amide bonds. The van der Waals surface area contributed by atoms with Gasteiger partial charge in [-0.3, -0.25) is 9.88 Å². The molecular formula is C15H27Cl2N3O2. The maximum atomic E-state index is 10.4. The van der Waals surface area contributed by atoms with Crippen molar-refractivity contribution in [3.8, 4) is 5.75 Å². The van der Waals surface area contributed by atoms with E-state index in [-0.39, 0.29) is 43.2 Å². The van der Waals surface area contributed by atoms with Crippen molar-refractivity contribution in [2.45, 2.75) is 39.3 Å². The Bertz CT molecular complexity index is 455. The van der Waals surface area contributed by atoms with E-state index >= 15 is 0 Å². The summed E-state index contributed by atoms with van der Waals surface area (Å²) >= 11 is 0. The van der Waals surface area contributed by atoms with Gasteiger partial charge in [-0.2, -0.15) is 0 Å². The molecule has 0 bridgehead atoms. The molecule has 0 spiro atoms. The number of halogens is 2. The molecule has 1 aliphatic heterocycles. The highest BCUT2D eigenvalue weighted by atomic mass is 35.5. The molecule has 1 saturated heterocycles. The van der Waals surface area contributed by atoms with Crippen molar-refractivity contribution in [3.63, 3.8) is 0 Å². The number of aliphatic hydroxyl groups excluding tert-OH is 1. The predicted octanol–water partition coefficient (Wildman–Crippen LogP) is 2.18. The van der Waals surface area contributed by atoms with Crippen molar-refractivity contribution < 1.29 is 10.2 Å². The standard InChI is InChI=1S/C15H25N3O2.2ClH/c1-3-4-13(18-7-5-16-6-8-18)14-12(10-19)9-17-11(2)15(14)20;;/h9,13,16,19-20H,3-8,10H2,1-2H3;2*1H/t13-;;/m1../s1. The molecule has 22 heavy (non-hydrogen) atoms. The molecular weight excluding hydrogens is 325 g/mol. The summed E-state index contributed by atoms with van der Waals surface area (Å²) < 4.78 is 0. The Hall–Kier alpha value is -0.590. The average molecular weight is 352 g/mol. The molecule has 0 radical (unpaired) electrons. The second kappa shape index (κ2) is 10.2. The number of nitrogens with zero attached hydrogens (tertiary/aromatic N) is 2. The number of aromatic nitrogens is 1. The van der Waals surface area contributed by atoms with Crippen LogP contribution < -0.4 is 5.32 Å². The van der Waals surface area contributed by atoms with Gasteiger partial charge in [0, 0.05) is 49.5 Å². The zero-order valence-corrected chi connectivity index (χ0v) is 14.8. The molecule has 0 aromatic carbocycles. The van der Waals surface area contributed by atoms with Crippen LogP contribution in [0.25, 0.3) is 0 Å². The number of pyridine rings is 1. The van der Waals surface area contributed by atoms with Gasteiger partial charge in [0.25, 0.3) is 0 Å². The molecule has 0 aliphatic carbocycles. The van der Waals surface area contributed by atoms with Crippen LogP contribution in [0.5, 0.6) is 5.75 Å². The van der Waals surface area contributed by atoms with Crippen LogP contribution >= 0.6 is 24.8 Å². The minimum Gasteiger partial charge on any atom is -0.506 e. The predicted molar refractivity (Wildman–Crippen MR) is 93.1 cm³/mol. The number of hydrogen-bond donors (Lipinski definition) is 3. The molecule has 1 aliphatic rings. The quantitative estimate of drug-likeness (QED) is 0.758. The van der Waals surface area contributed by atoms with Crippen LogP contribution in [-0.4, -0.2) is 46.3 Å². The third-order valence-corrected chi connectivity index (χ3v) is 4.02. The first-order chi connectivity index (χ1) is 9.69. The Balaban J connectivity index is 0.00000220. The highest BCUT2D eigenvalue weighted by Gasteiger charge is 2.27. The third kappa shape index (κ3) is 4.70. The van der Waals surface area contributed by atoms with E-state index < -0.39 is 0 Å². The van der Waals surface area contributed by atoms with Crippen molar-refractivity contribution in [2.75, 3.05) is 26.2 Å². The lowest BCUT2D eigenvalue weighted by Crippen LogP contribution is -2.45. The number of nitrogens with one attached hydrogen (secondary N) is 1. The summed E-state index contributed by atoms with van der Waals surface area (Å²) in [5.41, 5.74) is 2.24. The SMILES string of the molecule is CCC[C@H](c1c(CO)cnc(C)c1O)N1CCNCC1.Cl.Cl. The lowest BCUT2D eigenvalue weighted by Gasteiger charge is -2.36. The number of piperazine rings is 1. The minimum absolute atomic E-state index is 0. The smallest absolute Gasteiger partial charge is 0.141 e. The molecule has 2 heterocycles. The number of rotatable bonds is 5. The normalized spacial score (nSPS) is 16.5. The second-order valence-corrected chi connectivity index (χ2v) is 5.38. The zero-order chi connectivity index (χ0) is 14.5. The minimum atomic E-state index is -0.0809. The fraction of sp³-hybridized carbons (Fsp3) is 0.667. The molecule has 3 N–H and O–H groups in total. The van der Waals surface area contributed by atoms with Crippen molar-refractivity contribution in [3.05, 3.63) is 23.0 Å². The highest BCUT2D eigenvalue weighted by molar-refractivity contribution is 5.85. The van der Waals surface area contributed by atoms with E-state index in [0.717, 1.165) is 50.1 Å². The summed E-state index contributed by atoms with van der Waals surface area (Å²) in [7, 11) is 0. The monoisotopic (exact) mass is 351 g/mol. The number of hydrogen-bond acceptors (Lipinski definition) is 5. The molecule has 1 aromatic heterocycles. The Morgan fingerprint density at radius 2 is 1.95 bits per heavy atom. The van der Waals surface area contributed by atoms with E-state index in [1.54, 1.807) is 13.1 Å². The van der Waals surface area contributed by atoms with E-state index in [2.05, 4.69) is 22.1 Å². The topological polar surface area (TPSA) is 68.6 Å². The van der Waals surface area contributed by atoms with Crippen LogP contribution in [0.1, 0.15) is 42.6 Å². The number of aromatic hydroxyl groups is 1. The van der Waals surface area contributed by atoms with E-state index in [1.807, 2.05) is 0 Å². The summed E-state index contributed by atoms with van der Waals surface area (Å²) in [5.74, 6) is 0.244. The third-order valence-electron chi connectivity index (χ3n) is 4.02. The Kier molecular flexibility index (Phi) is 9.96. The highest BCUT2D eigenvalue weighted by Crippen LogP contribution is 2.36. The number of aryl methyl sites for hydroxylation is 1. The molecule has 1 aromatic rings. The summed E-state index contributed by atoms with van der Waals surface area (Å²) in [5, 5.41) is 23.3. The van der Waals surface area contributed by atoms with Crippen LogP contribution in [0.3, 0.4) is 0 Å². The van der Waals surface area contributed by atoms with Gasteiger partial charge in [0.05, 0.1) is 12.3 Å². The van der Waals surface area contributed by atoms with Crippen LogP contribution in [0, 0.1) is 6.92 Å². The van der Waals surface area contributed by atoms with Crippen molar-refractivity contribution in [2.24, 2.45) is 0 Å². The van der Waals surface area contributed by atoms with Crippen LogP contribution in [-0.2, 0) is 6.61 Å². The fourth-order valence-corrected chi connectivity index (χ4v) is 2.93. The van der Waals surface area contributed by atoms with Gasteiger partial charge in [-0.05, 0) is 13.3 Å². The summed E-state index contributed by atoms with van der Waals surface area (Å²) in [6, 6.07) is 0.158. The summed E-state index contributed by atoms with van der Waals surface area (Å²) in [6.45, 7) is 7.76. The first-order valence-electron chi connectivity index (χ1n) is 7.42. The van der Waals surface area contributed by atoms with Gasteiger partial charge in [0.15, 0.2) is 0 Å². The van der Waals surface area contributed by atoms with E-state index in [9.17, 15) is 10.2 Å². The molecule has 0 unspecified atom stereocenters. The average Bonchev–Trinajstić information content (AvgIpc) is 2.49. The first-order valence-corrected chi connectivity index (χ1v) is 7.42. The second-order valence-electron chi connectivity index (χ2n) is 5.38. The van der Waals surface area contributed by atoms with Gasteiger partial charge >= 0.3 is 0 Å². The van der Waals surface area contributed by atoms with E-state index in [0.29, 0.717) is 5.69 Å². The van der Waals surface area contributed by atoms with Crippen molar-refractivity contribution in [1.29, 1.82) is 0 Å². The molecule has 7 heteroatoms. The van der Waals surface area contributed by atoms with Gasteiger partial charge in [0.1, 0.15) is 5.75 Å². The molecule has 1 atom stereocenters. The van der Waals surface area contributed by atoms with Gasteiger partial charge in [-0.25, -0.2) is 0 Å².